The van der Waals surface area contributed by atoms with Crippen molar-refractivity contribution in [2.24, 2.45) is 0 Å². The normalized spacial score (nSPS) is 12.7. The summed E-state index contributed by atoms with van der Waals surface area (Å²) in [5, 5.41) is 0. The Morgan fingerprint density at radius 1 is 0.947 bits per heavy atom. The molecule has 0 fully saturated rings. The molecule has 19 heavy (non-hydrogen) atoms. The van der Waals surface area contributed by atoms with E-state index >= 15 is 0 Å². The van der Waals surface area contributed by atoms with Crippen LogP contribution < -0.4 is 0 Å². The standard InChI is InChI=1S/C15H28O3S/c1-4-7-10-11-14(16)15(12-8-5-2)19(17,18)13-9-6-3/h12H,4-11,13H2,1-3H3. The van der Waals surface area contributed by atoms with Gasteiger partial charge in [0.25, 0.3) is 0 Å². The fraction of sp³-hybridized carbons (Fsp3) is 0.800. The zero-order chi connectivity index (χ0) is 14.7. The van der Waals surface area contributed by atoms with E-state index in [0.29, 0.717) is 19.3 Å². The Bertz CT molecular complexity index is 380. The molecule has 4 heteroatoms. The highest BCUT2D eigenvalue weighted by Gasteiger charge is 2.23. The predicted molar refractivity (Wildman–Crippen MR) is 80.8 cm³/mol. The van der Waals surface area contributed by atoms with Gasteiger partial charge in [-0.05, 0) is 19.3 Å². The third-order valence-corrected chi connectivity index (χ3v) is 4.89. The maximum Gasteiger partial charge on any atom is 0.181 e. The molecule has 0 aromatic heterocycles. The second kappa shape index (κ2) is 10.2. The van der Waals surface area contributed by atoms with Crippen LogP contribution in [0.1, 0.15) is 72.1 Å². The zero-order valence-corrected chi connectivity index (χ0v) is 13.4. The van der Waals surface area contributed by atoms with Gasteiger partial charge in [0, 0.05) is 6.42 Å². The van der Waals surface area contributed by atoms with Gasteiger partial charge in [0.1, 0.15) is 4.91 Å². The van der Waals surface area contributed by atoms with Crippen LogP contribution in [-0.4, -0.2) is 20.0 Å². The number of rotatable bonds is 11. The van der Waals surface area contributed by atoms with E-state index in [-0.39, 0.29) is 16.4 Å². The number of sulfone groups is 1. The Morgan fingerprint density at radius 2 is 1.58 bits per heavy atom. The Balaban J connectivity index is 4.85. The summed E-state index contributed by atoms with van der Waals surface area (Å²) in [6.45, 7) is 6.00. The number of ketones is 1. The highest BCUT2D eigenvalue weighted by atomic mass is 32.2. The molecule has 0 rings (SSSR count). The van der Waals surface area contributed by atoms with E-state index in [9.17, 15) is 13.2 Å². The summed E-state index contributed by atoms with van der Waals surface area (Å²) in [5.41, 5.74) is 0. The van der Waals surface area contributed by atoms with Crippen LogP contribution in [0.25, 0.3) is 0 Å². The molecule has 0 saturated carbocycles. The van der Waals surface area contributed by atoms with Crippen molar-refractivity contribution in [1.82, 2.24) is 0 Å². The molecule has 0 aliphatic rings. The monoisotopic (exact) mass is 288 g/mol. The smallest absolute Gasteiger partial charge is 0.181 e. The van der Waals surface area contributed by atoms with Crippen LogP contribution in [0.2, 0.25) is 0 Å². The van der Waals surface area contributed by atoms with Gasteiger partial charge in [0.15, 0.2) is 15.6 Å². The van der Waals surface area contributed by atoms with Crippen molar-refractivity contribution in [3.8, 4) is 0 Å². The van der Waals surface area contributed by atoms with E-state index < -0.39 is 9.84 Å². The van der Waals surface area contributed by atoms with Gasteiger partial charge in [0.2, 0.25) is 0 Å². The van der Waals surface area contributed by atoms with E-state index in [0.717, 1.165) is 32.1 Å². The first-order valence-electron chi connectivity index (χ1n) is 7.45. The SMILES string of the molecule is CCCC=C(C(=O)CCCCC)S(=O)(=O)CCCC. The van der Waals surface area contributed by atoms with Gasteiger partial charge >= 0.3 is 0 Å². The molecule has 0 bridgehead atoms. The fourth-order valence-electron chi connectivity index (χ4n) is 1.79. The summed E-state index contributed by atoms with van der Waals surface area (Å²) in [6, 6.07) is 0. The van der Waals surface area contributed by atoms with Gasteiger partial charge < -0.3 is 0 Å². The highest BCUT2D eigenvalue weighted by Crippen LogP contribution is 2.16. The first-order valence-corrected chi connectivity index (χ1v) is 9.10. The summed E-state index contributed by atoms with van der Waals surface area (Å²) < 4.78 is 24.4. The van der Waals surface area contributed by atoms with E-state index in [2.05, 4.69) is 6.92 Å². The van der Waals surface area contributed by atoms with Crippen molar-refractivity contribution in [1.29, 1.82) is 0 Å². The summed E-state index contributed by atoms with van der Waals surface area (Å²) in [5.74, 6) is -0.100. The van der Waals surface area contributed by atoms with Crippen LogP contribution in [-0.2, 0) is 14.6 Å². The summed E-state index contributed by atoms with van der Waals surface area (Å²) >= 11 is 0. The lowest BCUT2D eigenvalue weighted by Crippen LogP contribution is -2.17. The lowest BCUT2D eigenvalue weighted by molar-refractivity contribution is -0.115. The fourth-order valence-corrected chi connectivity index (χ4v) is 3.50. The van der Waals surface area contributed by atoms with Gasteiger partial charge in [-0.3, -0.25) is 4.79 Å². The van der Waals surface area contributed by atoms with Crippen molar-refractivity contribution in [3.05, 3.63) is 11.0 Å². The Labute approximate surface area is 118 Å². The topological polar surface area (TPSA) is 51.2 Å². The summed E-state index contributed by atoms with van der Waals surface area (Å²) in [7, 11) is -3.38. The minimum Gasteiger partial charge on any atom is -0.293 e. The van der Waals surface area contributed by atoms with Gasteiger partial charge in [0.05, 0.1) is 5.75 Å². The average Bonchev–Trinajstić information content (AvgIpc) is 2.37. The van der Waals surface area contributed by atoms with Crippen LogP contribution >= 0.6 is 0 Å². The minimum atomic E-state index is -3.38. The van der Waals surface area contributed by atoms with E-state index in [4.69, 9.17) is 0 Å². The number of hydrogen-bond acceptors (Lipinski definition) is 3. The Kier molecular flexibility index (Phi) is 9.84. The van der Waals surface area contributed by atoms with E-state index in [1.165, 1.54) is 0 Å². The van der Waals surface area contributed by atoms with Gasteiger partial charge in [-0.25, -0.2) is 8.42 Å². The third-order valence-electron chi connectivity index (χ3n) is 3.00. The molecule has 0 aromatic rings. The molecule has 0 unspecified atom stereocenters. The number of unbranched alkanes of at least 4 members (excludes halogenated alkanes) is 4. The van der Waals surface area contributed by atoms with E-state index in [1.54, 1.807) is 6.08 Å². The van der Waals surface area contributed by atoms with E-state index in [1.807, 2.05) is 13.8 Å². The molecule has 0 radical (unpaired) electrons. The van der Waals surface area contributed by atoms with Crippen LogP contribution in [0.4, 0.5) is 0 Å². The molecule has 0 amide bonds. The number of allylic oxidation sites excluding steroid dienone is 2. The number of hydrogen-bond donors (Lipinski definition) is 0. The van der Waals surface area contributed by atoms with Gasteiger partial charge in [-0.1, -0.05) is 52.5 Å². The van der Waals surface area contributed by atoms with Crippen molar-refractivity contribution in [3.63, 3.8) is 0 Å². The number of Topliss-reactive ketones (excluding diaryl/α,β-unsaturated/α-hetero) is 1. The molecule has 0 aliphatic heterocycles. The van der Waals surface area contributed by atoms with Crippen LogP contribution in [0.3, 0.4) is 0 Å². The quantitative estimate of drug-likeness (QED) is 0.426. The maximum atomic E-state index is 12.2. The first-order chi connectivity index (χ1) is 8.99. The molecule has 0 aliphatic carbocycles. The molecule has 0 heterocycles. The van der Waals surface area contributed by atoms with Crippen LogP contribution in [0.5, 0.6) is 0 Å². The Hall–Kier alpha value is -0.640. The van der Waals surface area contributed by atoms with Gasteiger partial charge in [-0.2, -0.15) is 0 Å². The van der Waals surface area contributed by atoms with Crippen LogP contribution in [0, 0.1) is 0 Å². The van der Waals surface area contributed by atoms with Crippen LogP contribution in [0.15, 0.2) is 11.0 Å². The first kappa shape index (κ1) is 18.4. The molecule has 0 N–H and O–H groups in total. The molecular weight excluding hydrogens is 260 g/mol. The Morgan fingerprint density at radius 3 is 2.11 bits per heavy atom. The average molecular weight is 288 g/mol. The largest absolute Gasteiger partial charge is 0.293 e. The predicted octanol–water partition coefficient (Wildman–Crippen LogP) is 4.03. The summed E-state index contributed by atoms with van der Waals surface area (Å²) in [6.07, 6.45) is 7.72. The van der Waals surface area contributed by atoms with Crippen molar-refractivity contribution in [2.45, 2.75) is 72.1 Å². The minimum absolute atomic E-state index is 0.0684. The molecule has 112 valence electrons. The molecule has 0 atom stereocenters. The lowest BCUT2D eigenvalue weighted by atomic mass is 10.1. The number of carbonyl (C=O) groups excluding carboxylic acids is 1. The summed E-state index contributed by atoms with van der Waals surface area (Å²) in [4.78, 5) is 12.2. The molecule has 0 saturated heterocycles. The molecule has 0 spiro atoms. The van der Waals surface area contributed by atoms with Crippen molar-refractivity contribution < 1.29 is 13.2 Å². The maximum absolute atomic E-state index is 12.2. The van der Waals surface area contributed by atoms with Crippen molar-refractivity contribution >= 4 is 15.6 Å². The molecular formula is C15H28O3S. The van der Waals surface area contributed by atoms with Gasteiger partial charge in [-0.15, -0.1) is 0 Å². The molecule has 0 aromatic carbocycles. The van der Waals surface area contributed by atoms with Crippen molar-refractivity contribution in [2.75, 3.05) is 5.75 Å². The highest BCUT2D eigenvalue weighted by molar-refractivity contribution is 7.96. The lowest BCUT2D eigenvalue weighted by Gasteiger charge is -2.08. The third kappa shape index (κ3) is 7.51. The second-order valence-corrected chi connectivity index (χ2v) is 6.99. The second-order valence-electron chi connectivity index (χ2n) is 4.91. The number of carbonyl (C=O) groups is 1. The zero-order valence-electron chi connectivity index (χ0n) is 12.6. The molecule has 3 nitrogen and oxygen atoms in total.